The predicted octanol–water partition coefficient (Wildman–Crippen LogP) is 2.04. The predicted molar refractivity (Wildman–Crippen MR) is 63.3 cm³/mol. The van der Waals surface area contributed by atoms with Gasteiger partial charge in [-0.05, 0) is 30.7 Å². The molecule has 0 saturated carbocycles. The second kappa shape index (κ2) is 5.65. The zero-order valence-electron chi connectivity index (χ0n) is 8.74. The number of carbonyl (C=O) groups excluding carboxylic acids is 1. The summed E-state index contributed by atoms with van der Waals surface area (Å²) in [4.78, 5) is 22.4. The highest BCUT2D eigenvalue weighted by Crippen LogP contribution is 2.10. The lowest BCUT2D eigenvalue weighted by atomic mass is 10.1. The van der Waals surface area contributed by atoms with Crippen molar-refractivity contribution in [3.05, 3.63) is 34.3 Å². The minimum atomic E-state index is -1.02. The van der Waals surface area contributed by atoms with Gasteiger partial charge >= 0.3 is 5.97 Å². The van der Waals surface area contributed by atoms with Gasteiger partial charge in [0.05, 0.1) is 0 Å². The Morgan fingerprint density at radius 2 is 1.94 bits per heavy atom. The summed E-state index contributed by atoms with van der Waals surface area (Å²) in [6, 6.07) is 5.89. The molecular weight excluding hydrogens is 274 g/mol. The number of aliphatic carboxylic acids is 1. The first-order chi connectivity index (χ1) is 7.54. The summed E-state index contributed by atoms with van der Waals surface area (Å²) in [5.41, 5.74) is 0.447. The molecule has 1 amide bonds. The Morgan fingerprint density at radius 1 is 1.38 bits per heavy atom. The topological polar surface area (TPSA) is 66.4 Å². The van der Waals surface area contributed by atoms with E-state index in [4.69, 9.17) is 5.11 Å². The highest BCUT2D eigenvalue weighted by atomic mass is 79.9. The second-order valence-corrected chi connectivity index (χ2v) is 4.20. The molecule has 16 heavy (non-hydrogen) atoms. The third-order valence-electron chi connectivity index (χ3n) is 2.12. The number of hydrogen-bond donors (Lipinski definition) is 2. The van der Waals surface area contributed by atoms with Crippen LogP contribution in [0.1, 0.15) is 23.7 Å². The third-order valence-corrected chi connectivity index (χ3v) is 2.65. The molecule has 0 unspecified atom stereocenters. The number of carboxylic acid groups (broad SMARTS) is 1. The van der Waals surface area contributed by atoms with Gasteiger partial charge in [-0.1, -0.05) is 22.9 Å². The molecule has 0 aliphatic rings. The molecule has 0 saturated heterocycles. The van der Waals surface area contributed by atoms with E-state index in [1.807, 2.05) is 0 Å². The Balaban J connectivity index is 2.71. The molecular formula is C11H12BrNO3. The van der Waals surface area contributed by atoms with Crippen molar-refractivity contribution < 1.29 is 14.7 Å². The molecule has 0 aliphatic carbocycles. The summed E-state index contributed by atoms with van der Waals surface area (Å²) >= 11 is 3.26. The Hall–Kier alpha value is -1.36. The van der Waals surface area contributed by atoms with Crippen molar-refractivity contribution >= 4 is 27.8 Å². The number of nitrogens with one attached hydrogen (secondary N) is 1. The third kappa shape index (κ3) is 3.34. The Morgan fingerprint density at radius 3 is 2.38 bits per heavy atom. The number of carboxylic acids is 1. The van der Waals surface area contributed by atoms with Crippen LogP contribution in [0.15, 0.2) is 28.7 Å². The quantitative estimate of drug-likeness (QED) is 0.890. The average Bonchev–Trinajstić information content (AvgIpc) is 2.26. The molecule has 1 atom stereocenters. The minimum absolute atomic E-state index is 0.359. The molecule has 0 bridgehead atoms. The number of benzene rings is 1. The summed E-state index contributed by atoms with van der Waals surface area (Å²) in [5, 5.41) is 11.2. The van der Waals surface area contributed by atoms with Gasteiger partial charge in [-0.2, -0.15) is 0 Å². The van der Waals surface area contributed by atoms with E-state index in [2.05, 4.69) is 21.2 Å². The summed E-state index contributed by atoms with van der Waals surface area (Å²) in [6.45, 7) is 1.71. The van der Waals surface area contributed by atoms with E-state index in [9.17, 15) is 9.59 Å². The van der Waals surface area contributed by atoms with Crippen LogP contribution in [0.25, 0.3) is 0 Å². The zero-order valence-corrected chi connectivity index (χ0v) is 10.3. The number of hydrogen-bond acceptors (Lipinski definition) is 2. The molecule has 2 N–H and O–H groups in total. The van der Waals surface area contributed by atoms with Crippen LogP contribution in [-0.2, 0) is 4.79 Å². The van der Waals surface area contributed by atoms with Gasteiger partial charge < -0.3 is 10.4 Å². The van der Waals surface area contributed by atoms with Crippen LogP contribution < -0.4 is 5.32 Å². The summed E-state index contributed by atoms with van der Waals surface area (Å²) in [7, 11) is 0. The van der Waals surface area contributed by atoms with Crippen molar-refractivity contribution in [2.45, 2.75) is 19.4 Å². The van der Waals surface area contributed by atoms with Gasteiger partial charge in [0.2, 0.25) is 0 Å². The molecule has 0 spiro atoms. The monoisotopic (exact) mass is 285 g/mol. The van der Waals surface area contributed by atoms with Gasteiger partial charge in [-0.25, -0.2) is 4.79 Å². The lowest BCUT2D eigenvalue weighted by molar-refractivity contribution is -0.139. The highest BCUT2D eigenvalue weighted by molar-refractivity contribution is 9.10. The summed E-state index contributed by atoms with van der Waals surface area (Å²) < 4.78 is 0.870. The molecule has 0 heterocycles. The van der Waals surface area contributed by atoms with Gasteiger partial charge in [0.25, 0.3) is 5.91 Å². The number of halogens is 1. The van der Waals surface area contributed by atoms with Gasteiger partial charge in [-0.15, -0.1) is 0 Å². The fraction of sp³-hybridized carbons (Fsp3) is 0.273. The molecule has 1 aromatic rings. The maximum atomic E-state index is 11.6. The summed E-state index contributed by atoms with van der Waals surface area (Å²) in [5.74, 6) is -1.39. The zero-order chi connectivity index (χ0) is 12.1. The van der Waals surface area contributed by atoms with E-state index in [1.54, 1.807) is 31.2 Å². The van der Waals surface area contributed by atoms with Crippen molar-refractivity contribution in [1.29, 1.82) is 0 Å². The van der Waals surface area contributed by atoms with E-state index in [0.29, 0.717) is 12.0 Å². The number of amides is 1. The molecule has 4 nitrogen and oxygen atoms in total. The lowest BCUT2D eigenvalue weighted by Gasteiger charge is -2.12. The smallest absolute Gasteiger partial charge is 0.326 e. The molecule has 86 valence electrons. The molecule has 0 radical (unpaired) electrons. The van der Waals surface area contributed by atoms with Crippen LogP contribution >= 0.6 is 15.9 Å². The van der Waals surface area contributed by atoms with Crippen LogP contribution in [0.3, 0.4) is 0 Å². The van der Waals surface area contributed by atoms with Crippen LogP contribution in [0.4, 0.5) is 0 Å². The first kappa shape index (κ1) is 12.7. The maximum Gasteiger partial charge on any atom is 0.326 e. The second-order valence-electron chi connectivity index (χ2n) is 3.28. The standard InChI is InChI=1S/C11H12BrNO3/c1-2-9(11(15)16)13-10(14)7-3-5-8(12)6-4-7/h3-6,9H,2H2,1H3,(H,13,14)(H,15,16)/t9-/m1/s1. The number of carbonyl (C=O) groups is 2. The Kier molecular flexibility index (Phi) is 4.49. The Bertz CT molecular complexity index is 389. The molecule has 1 rings (SSSR count). The average molecular weight is 286 g/mol. The van der Waals surface area contributed by atoms with E-state index >= 15 is 0 Å². The normalized spacial score (nSPS) is 11.9. The molecule has 1 aromatic carbocycles. The van der Waals surface area contributed by atoms with Gasteiger partial charge in [0.1, 0.15) is 6.04 Å². The van der Waals surface area contributed by atoms with Crippen LogP contribution in [0.2, 0.25) is 0 Å². The van der Waals surface area contributed by atoms with Gasteiger partial charge in [0, 0.05) is 10.0 Å². The SMILES string of the molecule is CC[C@@H](NC(=O)c1ccc(Br)cc1)C(=O)O. The van der Waals surface area contributed by atoms with Crippen molar-refractivity contribution in [2.75, 3.05) is 0 Å². The molecule has 0 aliphatic heterocycles. The van der Waals surface area contributed by atoms with Crippen LogP contribution in [-0.4, -0.2) is 23.0 Å². The van der Waals surface area contributed by atoms with E-state index in [-0.39, 0.29) is 5.91 Å². The summed E-state index contributed by atoms with van der Waals surface area (Å²) in [6.07, 6.45) is 0.359. The van der Waals surface area contributed by atoms with Crippen molar-refractivity contribution in [1.82, 2.24) is 5.32 Å². The van der Waals surface area contributed by atoms with Gasteiger partial charge in [0.15, 0.2) is 0 Å². The fourth-order valence-electron chi connectivity index (χ4n) is 1.18. The van der Waals surface area contributed by atoms with E-state index in [0.717, 1.165) is 4.47 Å². The van der Waals surface area contributed by atoms with E-state index in [1.165, 1.54) is 0 Å². The van der Waals surface area contributed by atoms with Crippen molar-refractivity contribution in [3.63, 3.8) is 0 Å². The highest BCUT2D eigenvalue weighted by Gasteiger charge is 2.18. The maximum absolute atomic E-state index is 11.6. The van der Waals surface area contributed by atoms with Crippen molar-refractivity contribution in [3.8, 4) is 0 Å². The van der Waals surface area contributed by atoms with Crippen LogP contribution in [0, 0.1) is 0 Å². The largest absolute Gasteiger partial charge is 0.480 e. The van der Waals surface area contributed by atoms with Gasteiger partial charge in [-0.3, -0.25) is 4.79 Å². The number of rotatable bonds is 4. The van der Waals surface area contributed by atoms with Crippen LogP contribution in [0.5, 0.6) is 0 Å². The first-order valence-electron chi connectivity index (χ1n) is 4.83. The van der Waals surface area contributed by atoms with Crippen molar-refractivity contribution in [2.24, 2.45) is 0 Å². The molecule has 0 fully saturated rings. The molecule has 0 aromatic heterocycles. The Labute approximate surface area is 102 Å². The molecule has 5 heteroatoms. The first-order valence-corrected chi connectivity index (χ1v) is 5.63. The lowest BCUT2D eigenvalue weighted by Crippen LogP contribution is -2.40. The fourth-order valence-corrected chi connectivity index (χ4v) is 1.45. The van der Waals surface area contributed by atoms with E-state index < -0.39 is 12.0 Å². The minimum Gasteiger partial charge on any atom is -0.480 e.